The zero-order chi connectivity index (χ0) is 17.2. The van der Waals surface area contributed by atoms with Crippen molar-refractivity contribution < 1.29 is 0 Å². The Morgan fingerprint density at radius 1 is 1.24 bits per heavy atom. The average Bonchev–Trinajstić information content (AvgIpc) is 3.25. The molecule has 0 saturated carbocycles. The predicted octanol–water partition coefficient (Wildman–Crippen LogP) is 2.26. The summed E-state index contributed by atoms with van der Waals surface area (Å²) in [5.41, 5.74) is 9.20. The van der Waals surface area contributed by atoms with Gasteiger partial charge in [0.25, 0.3) is 0 Å². The van der Waals surface area contributed by atoms with Gasteiger partial charge in [0.05, 0.1) is 11.9 Å². The second kappa shape index (κ2) is 6.68. The highest BCUT2D eigenvalue weighted by atomic mass is 15.3. The van der Waals surface area contributed by atoms with Crippen molar-refractivity contribution in [3.05, 3.63) is 53.6 Å². The Labute approximate surface area is 146 Å². The van der Waals surface area contributed by atoms with Crippen LogP contribution in [0, 0.1) is 6.92 Å². The van der Waals surface area contributed by atoms with Crippen molar-refractivity contribution in [2.45, 2.75) is 32.2 Å². The number of rotatable bonds is 4. The molecule has 130 valence electrons. The summed E-state index contributed by atoms with van der Waals surface area (Å²) in [4.78, 5) is 6.74. The van der Waals surface area contributed by atoms with Crippen molar-refractivity contribution in [2.75, 3.05) is 18.8 Å². The summed E-state index contributed by atoms with van der Waals surface area (Å²) in [6.45, 7) is 5.12. The summed E-state index contributed by atoms with van der Waals surface area (Å²) in [5.74, 6) is 1.68. The molecule has 0 amide bonds. The minimum absolute atomic E-state index is 0.334. The summed E-state index contributed by atoms with van der Waals surface area (Å²) in [6.07, 6.45) is 6.24. The molecular weight excluding hydrogens is 314 g/mol. The third-order valence-electron chi connectivity index (χ3n) is 4.90. The molecule has 4 rings (SSSR count). The highest BCUT2D eigenvalue weighted by Crippen LogP contribution is 2.26. The van der Waals surface area contributed by atoms with Crippen molar-refractivity contribution in [1.82, 2.24) is 29.9 Å². The molecule has 7 heteroatoms. The first-order valence-corrected chi connectivity index (χ1v) is 8.69. The number of nitrogen functional groups attached to an aromatic ring is 1. The van der Waals surface area contributed by atoms with Crippen LogP contribution in [-0.4, -0.2) is 43.0 Å². The lowest BCUT2D eigenvalue weighted by Crippen LogP contribution is -2.32. The number of nitrogens with two attached hydrogens (primary N) is 1. The van der Waals surface area contributed by atoms with E-state index in [4.69, 9.17) is 5.73 Å². The number of nitrogens with one attached hydrogen (secondary N) is 1. The summed E-state index contributed by atoms with van der Waals surface area (Å²) in [5, 5.41) is 11.4. The average molecular weight is 337 g/mol. The molecule has 25 heavy (non-hydrogen) atoms. The van der Waals surface area contributed by atoms with Gasteiger partial charge in [-0.15, -0.1) is 5.10 Å². The van der Waals surface area contributed by atoms with Gasteiger partial charge in [-0.25, -0.2) is 4.68 Å². The van der Waals surface area contributed by atoms with E-state index in [0.29, 0.717) is 11.9 Å². The van der Waals surface area contributed by atoms with E-state index in [1.54, 1.807) is 0 Å². The molecule has 0 unspecified atom stereocenters. The highest BCUT2D eigenvalue weighted by Gasteiger charge is 2.23. The molecule has 1 fully saturated rings. The van der Waals surface area contributed by atoms with Crippen molar-refractivity contribution in [3.8, 4) is 5.69 Å². The number of nitrogens with zero attached hydrogens (tertiary/aromatic N) is 5. The Morgan fingerprint density at radius 3 is 2.76 bits per heavy atom. The Balaban J connectivity index is 1.37. The number of aromatic nitrogens is 5. The van der Waals surface area contributed by atoms with Gasteiger partial charge in [0.15, 0.2) is 0 Å². The molecule has 7 nitrogen and oxygen atoms in total. The minimum Gasteiger partial charge on any atom is -0.367 e. The monoisotopic (exact) mass is 337 g/mol. The van der Waals surface area contributed by atoms with Crippen LogP contribution in [0.5, 0.6) is 0 Å². The first-order chi connectivity index (χ1) is 12.2. The third kappa shape index (κ3) is 3.41. The first kappa shape index (κ1) is 15.8. The van der Waals surface area contributed by atoms with Crippen LogP contribution in [0.2, 0.25) is 0 Å². The first-order valence-electron chi connectivity index (χ1n) is 8.69. The number of para-hydroxylation sites is 1. The number of piperidine rings is 1. The van der Waals surface area contributed by atoms with Gasteiger partial charge in [-0.3, -0.25) is 10.00 Å². The zero-order valence-electron chi connectivity index (χ0n) is 14.4. The van der Waals surface area contributed by atoms with Crippen LogP contribution in [0.15, 0.2) is 36.7 Å². The molecule has 0 aliphatic carbocycles. The number of hydrogen-bond donors (Lipinski definition) is 2. The molecular formula is C18H23N7. The minimum atomic E-state index is 0.334. The molecule has 1 aliphatic rings. The number of hydrogen-bond acceptors (Lipinski definition) is 5. The van der Waals surface area contributed by atoms with E-state index >= 15 is 0 Å². The molecule has 1 aliphatic heterocycles. The Hall–Kier alpha value is -2.67. The fraction of sp³-hybridized carbons (Fsp3) is 0.389. The van der Waals surface area contributed by atoms with Crippen LogP contribution < -0.4 is 5.73 Å². The normalized spacial score (nSPS) is 16.4. The van der Waals surface area contributed by atoms with E-state index in [0.717, 1.165) is 44.0 Å². The van der Waals surface area contributed by atoms with Gasteiger partial charge in [-0.2, -0.15) is 10.1 Å². The number of anilines is 1. The summed E-state index contributed by atoms with van der Waals surface area (Å²) >= 11 is 0. The van der Waals surface area contributed by atoms with E-state index in [9.17, 15) is 0 Å². The lowest BCUT2D eigenvalue weighted by atomic mass is 9.96. The van der Waals surface area contributed by atoms with Crippen LogP contribution >= 0.6 is 0 Å². The van der Waals surface area contributed by atoms with Crippen LogP contribution in [0.4, 0.5) is 5.95 Å². The molecule has 3 heterocycles. The second-order valence-corrected chi connectivity index (χ2v) is 6.71. The van der Waals surface area contributed by atoms with Crippen molar-refractivity contribution in [3.63, 3.8) is 0 Å². The predicted molar refractivity (Wildman–Crippen MR) is 96.3 cm³/mol. The van der Waals surface area contributed by atoms with Gasteiger partial charge in [0.1, 0.15) is 5.82 Å². The maximum absolute atomic E-state index is 5.60. The van der Waals surface area contributed by atoms with E-state index in [2.05, 4.69) is 56.5 Å². The van der Waals surface area contributed by atoms with E-state index in [1.807, 2.05) is 16.9 Å². The van der Waals surface area contributed by atoms with Gasteiger partial charge in [0, 0.05) is 24.2 Å². The SMILES string of the molecule is Cc1ccccc1-n1cc(CN2CCC(c3nc(N)n[nH]3)CC2)cn1. The van der Waals surface area contributed by atoms with Crippen LogP contribution in [0.3, 0.4) is 0 Å². The Morgan fingerprint density at radius 2 is 2.04 bits per heavy atom. The van der Waals surface area contributed by atoms with Gasteiger partial charge >= 0.3 is 0 Å². The van der Waals surface area contributed by atoms with Crippen molar-refractivity contribution in [2.24, 2.45) is 0 Å². The largest absolute Gasteiger partial charge is 0.367 e. The quantitative estimate of drug-likeness (QED) is 0.762. The van der Waals surface area contributed by atoms with Gasteiger partial charge in [-0.05, 0) is 44.5 Å². The third-order valence-corrected chi connectivity index (χ3v) is 4.90. The standard InChI is InChI=1S/C18H23N7/c1-13-4-2-3-5-16(13)25-12-14(10-20-25)11-24-8-6-15(7-9-24)17-21-18(19)23-22-17/h2-5,10,12,15H,6-9,11H2,1H3,(H3,19,21,22,23). The fourth-order valence-corrected chi connectivity index (χ4v) is 3.49. The van der Waals surface area contributed by atoms with Gasteiger partial charge in [0.2, 0.25) is 5.95 Å². The molecule has 0 atom stereocenters. The van der Waals surface area contributed by atoms with Gasteiger partial charge in [-0.1, -0.05) is 18.2 Å². The fourth-order valence-electron chi connectivity index (χ4n) is 3.49. The van der Waals surface area contributed by atoms with Crippen molar-refractivity contribution >= 4 is 5.95 Å². The topological polar surface area (TPSA) is 88.6 Å². The number of H-pyrrole nitrogens is 1. The molecule has 3 aromatic rings. The molecule has 0 spiro atoms. The van der Waals surface area contributed by atoms with E-state index in [-0.39, 0.29) is 0 Å². The number of aryl methyl sites for hydroxylation is 1. The summed E-state index contributed by atoms with van der Waals surface area (Å²) in [7, 11) is 0. The molecule has 0 radical (unpaired) electrons. The summed E-state index contributed by atoms with van der Waals surface area (Å²) < 4.78 is 1.97. The van der Waals surface area contributed by atoms with Crippen LogP contribution in [0.25, 0.3) is 5.69 Å². The molecule has 1 saturated heterocycles. The molecule has 2 aromatic heterocycles. The zero-order valence-corrected chi connectivity index (χ0v) is 14.4. The van der Waals surface area contributed by atoms with Crippen molar-refractivity contribution in [1.29, 1.82) is 0 Å². The van der Waals surface area contributed by atoms with E-state index < -0.39 is 0 Å². The van der Waals surface area contributed by atoms with Crippen LogP contribution in [-0.2, 0) is 6.54 Å². The maximum atomic E-state index is 5.60. The lowest BCUT2D eigenvalue weighted by Gasteiger charge is -2.30. The number of benzene rings is 1. The maximum Gasteiger partial charge on any atom is 0.239 e. The van der Waals surface area contributed by atoms with E-state index in [1.165, 1.54) is 11.1 Å². The van der Waals surface area contributed by atoms with Gasteiger partial charge < -0.3 is 5.73 Å². The Kier molecular flexibility index (Phi) is 4.23. The second-order valence-electron chi connectivity index (χ2n) is 6.71. The summed E-state index contributed by atoms with van der Waals surface area (Å²) in [6, 6.07) is 8.30. The Bertz CT molecular complexity index is 842. The number of likely N-dealkylation sites (tertiary alicyclic amines) is 1. The highest BCUT2D eigenvalue weighted by molar-refractivity contribution is 5.39. The lowest BCUT2D eigenvalue weighted by molar-refractivity contribution is 0.202. The number of aromatic amines is 1. The smallest absolute Gasteiger partial charge is 0.239 e. The molecule has 1 aromatic carbocycles. The molecule has 3 N–H and O–H groups in total. The van der Waals surface area contributed by atoms with Crippen LogP contribution in [0.1, 0.15) is 35.7 Å². The molecule has 0 bridgehead atoms.